The van der Waals surface area contributed by atoms with Crippen LogP contribution in [0, 0.1) is 0 Å². The van der Waals surface area contributed by atoms with Crippen molar-refractivity contribution in [3.63, 3.8) is 0 Å². The van der Waals surface area contributed by atoms with E-state index in [1.165, 1.54) is 6.92 Å². The van der Waals surface area contributed by atoms with Crippen molar-refractivity contribution in [1.29, 1.82) is 0 Å². The second-order valence-corrected chi connectivity index (χ2v) is 6.32. The summed E-state index contributed by atoms with van der Waals surface area (Å²) in [4.78, 5) is 45.0. The van der Waals surface area contributed by atoms with Crippen LogP contribution in [-0.2, 0) is 22.6 Å². The topological polar surface area (TPSA) is 140 Å². The molecule has 0 saturated carbocycles. The second kappa shape index (κ2) is 7.06. The van der Waals surface area contributed by atoms with Crippen molar-refractivity contribution in [1.82, 2.24) is 24.9 Å². The molecular formula is C18H17N7O3. The number of fused-ring (bicyclic) bond motifs is 1. The number of anilines is 2. The predicted octanol–water partition coefficient (Wildman–Crippen LogP) is 0.901. The van der Waals surface area contributed by atoms with Crippen LogP contribution in [0.1, 0.15) is 18.1 Å². The van der Waals surface area contributed by atoms with Gasteiger partial charge in [0.05, 0.1) is 13.0 Å². The molecule has 3 aromatic heterocycles. The Balaban J connectivity index is 1.58. The van der Waals surface area contributed by atoms with Crippen molar-refractivity contribution < 1.29 is 14.3 Å². The number of nitrogen functional groups attached to an aromatic ring is 1. The fourth-order valence-electron chi connectivity index (χ4n) is 2.85. The van der Waals surface area contributed by atoms with E-state index in [4.69, 9.17) is 10.5 Å². The molecule has 0 unspecified atom stereocenters. The zero-order chi connectivity index (χ0) is 19.7. The number of nitrogens with zero attached hydrogens (tertiary/aromatic N) is 5. The summed E-state index contributed by atoms with van der Waals surface area (Å²) in [7, 11) is 0. The molecule has 1 aliphatic rings. The molecule has 28 heavy (non-hydrogen) atoms. The average molecular weight is 379 g/mol. The quantitative estimate of drug-likeness (QED) is 0.644. The number of H-pyrrole nitrogens is 1. The van der Waals surface area contributed by atoms with Crippen molar-refractivity contribution in [2.75, 3.05) is 17.2 Å². The maximum atomic E-state index is 12.5. The largest absolute Gasteiger partial charge is 0.470 e. The zero-order valence-corrected chi connectivity index (χ0v) is 15.0. The van der Waals surface area contributed by atoms with E-state index in [2.05, 4.69) is 24.9 Å². The Morgan fingerprint density at radius 3 is 2.86 bits per heavy atom. The number of nitrogens with one attached hydrogen (secondary N) is 1. The fourth-order valence-corrected chi connectivity index (χ4v) is 2.85. The average Bonchev–Trinajstić information content (AvgIpc) is 3.31. The van der Waals surface area contributed by atoms with Crippen molar-refractivity contribution in [3.8, 4) is 17.5 Å². The lowest BCUT2D eigenvalue weighted by atomic mass is 10.2. The molecule has 10 heteroatoms. The summed E-state index contributed by atoms with van der Waals surface area (Å²) in [5.74, 6) is 1.67. The molecule has 0 atom stereocenters. The van der Waals surface area contributed by atoms with Crippen LogP contribution in [0.2, 0.25) is 0 Å². The summed E-state index contributed by atoms with van der Waals surface area (Å²) in [5.41, 5.74) is 7.44. The number of rotatable bonds is 6. The highest BCUT2D eigenvalue weighted by Crippen LogP contribution is 2.33. The second-order valence-electron chi connectivity index (χ2n) is 6.32. The maximum absolute atomic E-state index is 12.5. The lowest BCUT2D eigenvalue weighted by Crippen LogP contribution is -2.26. The highest BCUT2D eigenvalue weighted by molar-refractivity contribution is 6.01. The number of carbonyl (C=O) groups is 2. The van der Waals surface area contributed by atoms with E-state index in [1.54, 1.807) is 35.6 Å². The highest BCUT2D eigenvalue weighted by Gasteiger charge is 2.32. The van der Waals surface area contributed by atoms with Gasteiger partial charge in [0, 0.05) is 30.2 Å². The maximum Gasteiger partial charge on any atom is 0.233 e. The Morgan fingerprint density at radius 2 is 2.18 bits per heavy atom. The normalized spacial score (nSPS) is 12.9. The summed E-state index contributed by atoms with van der Waals surface area (Å²) in [6.07, 6.45) is 4.99. The smallest absolute Gasteiger partial charge is 0.233 e. The molecule has 1 amide bonds. The Labute approximate surface area is 159 Å². The van der Waals surface area contributed by atoms with Gasteiger partial charge < -0.3 is 15.5 Å². The van der Waals surface area contributed by atoms with E-state index in [0.29, 0.717) is 28.9 Å². The summed E-state index contributed by atoms with van der Waals surface area (Å²) in [6.45, 7) is 1.69. The SMILES string of the molecule is CC(=O)COc1ccc(CN2C(=O)Cc3c(N)nc(-c4ncc[nH]4)nc32)cn1. The number of ketones is 1. The Bertz CT molecular complexity index is 1030. The third-order valence-electron chi connectivity index (χ3n) is 4.17. The summed E-state index contributed by atoms with van der Waals surface area (Å²) >= 11 is 0. The number of hydrogen-bond acceptors (Lipinski definition) is 8. The number of aromatic amines is 1. The number of nitrogens with two attached hydrogens (primary N) is 1. The minimum Gasteiger partial charge on any atom is -0.470 e. The van der Waals surface area contributed by atoms with Gasteiger partial charge in [-0.3, -0.25) is 14.5 Å². The van der Waals surface area contributed by atoms with Gasteiger partial charge in [-0.05, 0) is 12.5 Å². The van der Waals surface area contributed by atoms with Crippen molar-refractivity contribution in [3.05, 3.63) is 41.9 Å². The molecule has 0 bridgehead atoms. The molecule has 10 nitrogen and oxygen atoms in total. The van der Waals surface area contributed by atoms with Crippen molar-refractivity contribution in [2.45, 2.75) is 19.9 Å². The number of aromatic nitrogens is 5. The zero-order valence-electron chi connectivity index (χ0n) is 15.0. The Hall–Kier alpha value is -3.82. The number of pyridine rings is 1. The monoisotopic (exact) mass is 379 g/mol. The van der Waals surface area contributed by atoms with Crippen molar-refractivity contribution >= 4 is 23.3 Å². The van der Waals surface area contributed by atoms with E-state index >= 15 is 0 Å². The predicted molar refractivity (Wildman–Crippen MR) is 99.3 cm³/mol. The summed E-state index contributed by atoms with van der Waals surface area (Å²) in [6, 6.07) is 3.44. The van der Waals surface area contributed by atoms with Gasteiger partial charge in [-0.2, -0.15) is 0 Å². The van der Waals surface area contributed by atoms with E-state index < -0.39 is 0 Å². The minimum absolute atomic E-state index is 0.0317. The van der Waals surface area contributed by atoms with E-state index in [-0.39, 0.29) is 37.1 Å². The van der Waals surface area contributed by atoms with Crippen LogP contribution in [0.3, 0.4) is 0 Å². The molecule has 3 aromatic rings. The number of imidazole rings is 1. The van der Waals surface area contributed by atoms with Crippen LogP contribution in [-0.4, -0.2) is 43.2 Å². The third-order valence-corrected chi connectivity index (χ3v) is 4.17. The van der Waals surface area contributed by atoms with E-state index in [0.717, 1.165) is 5.56 Å². The molecule has 0 spiro atoms. The summed E-state index contributed by atoms with van der Waals surface area (Å²) in [5, 5.41) is 0. The van der Waals surface area contributed by atoms with Crippen LogP contribution in [0.15, 0.2) is 30.7 Å². The molecule has 0 fully saturated rings. The van der Waals surface area contributed by atoms with E-state index in [9.17, 15) is 9.59 Å². The van der Waals surface area contributed by atoms with Gasteiger partial charge >= 0.3 is 0 Å². The van der Waals surface area contributed by atoms with Crippen LogP contribution in [0.25, 0.3) is 11.6 Å². The number of ether oxygens (including phenoxy) is 1. The van der Waals surface area contributed by atoms with Crippen LogP contribution in [0.5, 0.6) is 5.88 Å². The molecule has 0 aliphatic carbocycles. The van der Waals surface area contributed by atoms with Gasteiger partial charge in [-0.25, -0.2) is 19.9 Å². The van der Waals surface area contributed by atoms with Gasteiger partial charge in [0.25, 0.3) is 0 Å². The molecular weight excluding hydrogens is 362 g/mol. The Kier molecular flexibility index (Phi) is 4.44. The summed E-state index contributed by atoms with van der Waals surface area (Å²) < 4.78 is 5.25. The first-order chi connectivity index (χ1) is 13.5. The highest BCUT2D eigenvalue weighted by atomic mass is 16.5. The first-order valence-electron chi connectivity index (χ1n) is 8.55. The molecule has 1 aliphatic heterocycles. The number of amides is 1. The van der Waals surface area contributed by atoms with E-state index in [1.807, 2.05) is 0 Å². The van der Waals surface area contributed by atoms with Gasteiger partial charge in [-0.1, -0.05) is 6.07 Å². The van der Waals surface area contributed by atoms with Crippen LogP contribution in [0.4, 0.5) is 11.6 Å². The van der Waals surface area contributed by atoms with Gasteiger partial charge in [0.15, 0.2) is 17.4 Å². The molecule has 4 heterocycles. The minimum atomic E-state index is -0.121. The van der Waals surface area contributed by atoms with Gasteiger partial charge in [0.2, 0.25) is 11.8 Å². The molecule has 0 radical (unpaired) electrons. The fraction of sp³-hybridized carbons (Fsp3) is 0.222. The third kappa shape index (κ3) is 3.39. The molecule has 3 N–H and O–H groups in total. The Morgan fingerprint density at radius 1 is 1.32 bits per heavy atom. The first kappa shape index (κ1) is 17.6. The molecule has 0 saturated heterocycles. The first-order valence-corrected chi connectivity index (χ1v) is 8.55. The standard InChI is InChI=1S/C18H17N7O3/c1-10(26)9-28-13-3-2-11(7-22-13)8-25-14(27)6-12-15(19)23-17(24-18(12)25)16-20-4-5-21-16/h2-5,7H,6,8-9H2,1H3,(H,20,21)(H2,19,23,24). The molecule has 0 aromatic carbocycles. The van der Waals surface area contributed by atoms with Gasteiger partial charge in [-0.15, -0.1) is 0 Å². The van der Waals surface area contributed by atoms with Crippen molar-refractivity contribution in [2.24, 2.45) is 0 Å². The number of carbonyl (C=O) groups excluding carboxylic acids is 2. The number of Topliss-reactive ketones (excluding diaryl/α,β-unsaturated/α-hetero) is 1. The number of hydrogen-bond donors (Lipinski definition) is 2. The molecule has 142 valence electrons. The van der Waals surface area contributed by atoms with Gasteiger partial charge in [0.1, 0.15) is 18.2 Å². The molecule has 4 rings (SSSR count). The van der Waals surface area contributed by atoms with Crippen LogP contribution >= 0.6 is 0 Å². The van der Waals surface area contributed by atoms with Crippen LogP contribution < -0.4 is 15.4 Å². The lowest BCUT2D eigenvalue weighted by Gasteiger charge is -2.17. The lowest BCUT2D eigenvalue weighted by molar-refractivity contribution is -0.119.